The number of hydrogen-bond acceptors (Lipinski definition) is 5. The fraction of sp³-hybridized carbons (Fsp3) is 0.167. The number of anilines is 1. The molecule has 0 unspecified atom stereocenters. The predicted octanol–water partition coefficient (Wildman–Crippen LogP) is 5.14. The number of pyridine rings is 1. The molecule has 0 radical (unpaired) electrons. The zero-order valence-electron chi connectivity index (χ0n) is 16.6. The second kappa shape index (κ2) is 8.06. The van der Waals surface area contributed by atoms with Crippen molar-refractivity contribution in [3.05, 3.63) is 83.1 Å². The number of halogens is 1. The van der Waals surface area contributed by atoms with E-state index in [1.165, 1.54) is 0 Å². The van der Waals surface area contributed by atoms with Gasteiger partial charge >= 0.3 is 0 Å². The van der Waals surface area contributed by atoms with Gasteiger partial charge in [-0.25, -0.2) is 4.98 Å². The number of benzene rings is 2. The van der Waals surface area contributed by atoms with Crippen molar-refractivity contribution in [2.75, 3.05) is 5.32 Å². The van der Waals surface area contributed by atoms with Crippen LogP contribution in [0, 0.1) is 0 Å². The molecule has 0 atom stereocenters. The van der Waals surface area contributed by atoms with Crippen LogP contribution < -0.4 is 15.8 Å². The van der Waals surface area contributed by atoms with Crippen LogP contribution in [-0.4, -0.2) is 27.8 Å². The zero-order valence-corrected chi connectivity index (χ0v) is 17.4. The summed E-state index contributed by atoms with van der Waals surface area (Å²) in [5.41, 5.74) is 8.35. The number of nitrogens with one attached hydrogen (secondary N) is 2. The zero-order chi connectivity index (χ0) is 21.4. The van der Waals surface area contributed by atoms with Crippen molar-refractivity contribution in [1.29, 1.82) is 0 Å². The number of aromatic nitrogens is 2. The van der Waals surface area contributed by atoms with Crippen LogP contribution in [0.15, 0.2) is 67.0 Å². The number of ether oxygens (including phenoxy) is 1. The van der Waals surface area contributed by atoms with E-state index >= 15 is 0 Å². The van der Waals surface area contributed by atoms with E-state index in [4.69, 9.17) is 22.1 Å². The normalized spacial score (nSPS) is 17.9. The summed E-state index contributed by atoms with van der Waals surface area (Å²) >= 11 is 6.47. The molecule has 1 aliphatic rings. The molecule has 7 heteroatoms. The lowest BCUT2D eigenvalue weighted by atomic mass is 9.87. The number of carbonyl (C=O) groups excluding carboxylic acids is 1. The molecule has 1 aliphatic carbocycles. The highest BCUT2D eigenvalue weighted by Crippen LogP contribution is 2.33. The molecule has 4 N–H and O–H groups in total. The van der Waals surface area contributed by atoms with Crippen LogP contribution in [0.25, 0.3) is 11.0 Å². The van der Waals surface area contributed by atoms with E-state index in [0.29, 0.717) is 39.3 Å². The first-order valence-corrected chi connectivity index (χ1v) is 10.5. The van der Waals surface area contributed by atoms with E-state index < -0.39 is 0 Å². The van der Waals surface area contributed by atoms with Crippen molar-refractivity contribution < 1.29 is 9.53 Å². The van der Waals surface area contributed by atoms with Gasteiger partial charge in [-0.1, -0.05) is 29.8 Å². The fourth-order valence-electron chi connectivity index (χ4n) is 3.87. The number of nitrogens with two attached hydrogens (primary N) is 1. The van der Waals surface area contributed by atoms with E-state index in [1.807, 2.05) is 36.4 Å². The summed E-state index contributed by atoms with van der Waals surface area (Å²) < 4.78 is 5.81. The van der Waals surface area contributed by atoms with Gasteiger partial charge in [-0.3, -0.25) is 4.79 Å². The molecular formula is C24H21ClN4O2. The molecule has 0 spiro atoms. The summed E-state index contributed by atoms with van der Waals surface area (Å²) in [7, 11) is 0. The van der Waals surface area contributed by atoms with Gasteiger partial charge in [0.05, 0.1) is 16.0 Å². The Labute approximate surface area is 184 Å². The molecule has 0 saturated heterocycles. The van der Waals surface area contributed by atoms with Crippen molar-refractivity contribution in [3.8, 4) is 11.5 Å². The molecule has 2 aromatic heterocycles. The topological polar surface area (TPSA) is 93.0 Å². The van der Waals surface area contributed by atoms with Crippen molar-refractivity contribution in [1.82, 2.24) is 9.97 Å². The number of ketones is 1. The molecule has 5 rings (SSSR count). The first-order valence-electron chi connectivity index (χ1n) is 10.1. The van der Waals surface area contributed by atoms with Gasteiger partial charge in [-0.2, -0.15) is 0 Å². The van der Waals surface area contributed by atoms with Crippen LogP contribution >= 0.6 is 11.6 Å². The van der Waals surface area contributed by atoms with Gasteiger partial charge in [0.2, 0.25) is 0 Å². The second-order valence-corrected chi connectivity index (χ2v) is 8.15. The first-order chi connectivity index (χ1) is 15.1. The Morgan fingerprint density at radius 1 is 1.10 bits per heavy atom. The van der Waals surface area contributed by atoms with Crippen molar-refractivity contribution in [3.63, 3.8) is 0 Å². The number of hydrogen-bond donors (Lipinski definition) is 3. The van der Waals surface area contributed by atoms with Gasteiger partial charge in [-0.15, -0.1) is 0 Å². The standard InChI is InChI=1S/C24H21ClN4O2/c25-20-12-17(31-16-4-2-1-3-5-16)6-7-18(20)23(30)19-13-28-24-22(19)21(8-9-27-24)29-15-10-14(26)11-15/h1-9,12-15H,10-11,26H2,(H2,27,28,29). The van der Waals surface area contributed by atoms with Crippen LogP contribution in [0.5, 0.6) is 11.5 Å². The third-order valence-corrected chi connectivity index (χ3v) is 5.83. The Kier molecular flexibility index (Phi) is 5.10. The van der Waals surface area contributed by atoms with Gasteiger partial charge in [-0.05, 0) is 43.2 Å². The van der Waals surface area contributed by atoms with E-state index in [0.717, 1.165) is 23.9 Å². The SMILES string of the molecule is NC1CC(Nc2ccnc3[nH]cc(C(=O)c4ccc(Oc5ccccc5)cc4Cl)c23)C1. The van der Waals surface area contributed by atoms with Crippen LogP contribution in [0.2, 0.25) is 5.02 Å². The Morgan fingerprint density at radius 2 is 1.90 bits per heavy atom. The lowest BCUT2D eigenvalue weighted by Crippen LogP contribution is -2.44. The maximum atomic E-state index is 13.4. The molecular weight excluding hydrogens is 412 g/mol. The highest BCUT2D eigenvalue weighted by Gasteiger charge is 2.27. The Hall–Kier alpha value is -3.35. The summed E-state index contributed by atoms with van der Waals surface area (Å²) in [6.45, 7) is 0. The van der Waals surface area contributed by atoms with E-state index in [9.17, 15) is 4.79 Å². The molecule has 0 bridgehead atoms. The minimum absolute atomic E-state index is 0.177. The maximum Gasteiger partial charge on any atom is 0.196 e. The number of rotatable bonds is 6. The molecule has 1 saturated carbocycles. The summed E-state index contributed by atoms with van der Waals surface area (Å²) in [5, 5.41) is 4.58. The summed E-state index contributed by atoms with van der Waals surface area (Å²) in [6.07, 6.45) is 5.22. The summed E-state index contributed by atoms with van der Waals surface area (Å²) in [4.78, 5) is 20.8. The minimum atomic E-state index is -0.177. The average Bonchev–Trinajstić information content (AvgIpc) is 3.18. The third kappa shape index (κ3) is 3.87. The fourth-order valence-corrected chi connectivity index (χ4v) is 4.13. The lowest BCUT2D eigenvalue weighted by Gasteiger charge is -2.34. The van der Waals surface area contributed by atoms with Gasteiger partial charge in [0.25, 0.3) is 0 Å². The van der Waals surface area contributed by atoms with E-state index in [2.05, 4.69) is 15.3 Å². The molecule has 4 aromatic rings. The highest BCUT2D eigenvalue weighted by atomic mass is 35.5. The van der Waals surface area contributed by atoms with E-state index in [1.54, 1.807) is 30.6 Å². The molecule has 31 heavy (non-hydrogen) atoms. The molecule has 156 valence electrons. The Bertz CT molecular complexity index is 1250. The molecule has 2 heterocycles. The van der Waals surface area contributed by atoms with Crippen molar-refractivity contribution in [2.24, 2.45) is 5.73 Å². The van der Waals surface area contributed by atoms with Gasteiger partial charge in [0, 0.05) is 41.8 Å². The number of fused-ring (bicyclic) bond motifs is 1. The van der Waals surface area contributed by atoms with Crippen molar-refractivity contribution >= 4 is 34.1 Å². The lowest BCUT2D eigenvalue weighted by molar-refractivity contribution is 0.104. The molecule has 0 amide bonds. The number of para-hydroxylation sites is 1. The summed E-state index contributed by atoms with van der Waals surface area (Å²) in [5.74, 6) is 1.09. The maximum absolute atomic E-state index is 13.4. The largest absolute Gasteiger partial charge is 0.457 e. The van der Waals surface area contributed by atoms with Crippen LogP contribution in [-0.2, 0) is 0 Å². The summed E-state index contributed by atoms with van der Waals surface area (Å²) in [6, 6.07) is 16.9. The van der Waals surface area contributed by atoms with Crippen LogP contribution in [0.4, 0.5) is 5.69 Å². The van der Waals surface area contributed by atoms with Gasteiger partial charge in [0.15, 0.2) is 5.78 Å². The average molecular weight is 433 g/mol. The van der Waals surface area contributed by atoms with Gasteiger partial charge in [0.1, 0.15) is 17.1 Å². The number of aromatic amines is 1. The number of H-pyrrole nitrogens is 1. The Balaban J connectivity index is 1.44. The predicted molar refractivity (Wildman–Crippen MR) is 122 cm³/mol. The molecule has 2 aromatic carbocycles. The van der Waals surface area contributed by atoms with Crippen LogP contribution in [0.3, 0.4) is 0 Å². The number of nitrogens with zero attached hydrogens (tertiary/aromatic N) is 1. The van der Waals surface area contributed by atoms with E-state index in [-0.39, 0.29) is 11.8 Å². The number of carbonyl (C=O) groups is 1. The minimum Gasteiger partial charge on any atom is -0.457 e. The quantitative estimate of drug-likeness (QED) is 0.367. The monoisotopic (exact) mass is 432 g/mol. The molecule has 0 aliphatic heterocycles. The molecule has 6 nitrogen and oxygen atoms in total. The third-order valence-electron chi connectivity index (χ3n) is 5.52. The smallest absolute Gasteiger partial charge is 0.196 e. The highest BCUT2D eigenvalue weighted by molar-refractivity contribution is 6.35. The van der Waals surface area contributed by atoms with Gasteiger partial charge < -0.3 is 20.8 Å². The second-order valence-electron chi connectivity index (χ2n) is 7.74. The van der Waals surface area contributed by atoms with Crippen LogP contribution in [0.1, 0.15) is 28.8 Å². The van der Waals surface area contributed by atoms with Crippen molar-refractivity contribution in [2.45, 2.75) is 24.9 Å². The first kappa shape index (κ1) is 19.6. The molecule has 1 fully saturated rings. The Morgan fingerprint density at radius 3 is 2.65 bits per heavy atom.